The zero-order valence-electron chi connectivity index (χ0n) is 13.9. The van der Waals surface area contributed by atoms with E-state index >= 15 is 0 Å². The summed E-state index contributed by atoms with van der Waals surface area (Å²) in [4.78, 5) is 33.0. The molecule has 0 aliphatic heterocycles. The molecule has 0 spiro atoms. The Labute approximate surface area is 155 Å². The maximum Gasteiger partial charge on any atom is 0.559 e. The van der Waals surface area contributed by atoms with Gasteiger partial charge in [-0.3, -0.25) is 9.59 Å². The largest absolute Gasteiger partial charge is 0.559 e. The lowest BCUT2D eigenvalue weighted by molar-refractivity contribution is -0.142. The van der Waals surface area contributed by atoms with E-state index in [0.29, 0.717) is 0 Å². The van der Waals surface area contributed by atoms with Gasteiger partial charge in [0.05, 0.1) is 6.42 Å². The van der Waals surface area contributed by atoms with Crippen molar-refractivity contribution >= 4 is 25.9 Å². The number of carboxylic acids is 2. The van der Waals surface area contributed by atoms with Gasteiger partial charge < -0.3 is 10.2 Å². The first-order valence-electron chi connectivity index (χ1n) is 7.56. The van der Waals surface area contributed by atoms with Crippen LogP contribution in [0.5, 0.6) is 0 Å². The molecule has 0 radical (unpaired) electrons. The van der Waals surface area contributed by atoms with Gasteiger partial charge >= 0.3 is 25.9 Å². The Morgan fingerprint density at radius 1 is 0.893 bits per heavy atom. The fourth-order valence-corrected chi connectivity index (χ4v) is 3.16. The molecule has 2 N–H and O–H groups in total. The lowest BCUT2D eigenvalue weighted by Crippen LogP contribution is -2.18. The number of rotatable bonds is 10. The van der Waals surface area contributed by atoms with E-state index in [9.17, 15) is 40.9 Å². The van der Waals surface area contributed by atoms with E-state index in [1.165, 1.54) is 0 Å². The zero-order valence-corrected chi connectivity index (χ0v) is 14.8. The molecule has 154 valence electrons. The first kappa shape index (κ1) is 23.4. The molecule has 0 bridgehead atoms. The second-order valence-electron chi connectivity index (χ2n) is 5.49. The van der Waals surface area contributed by atoms with Crippen molar-refractivity contribution in [3.8, 4) is 0 Å². The minimum atomic E-state index is -2.90. The van der Waals surface area contributed by atoms with Gasteiger partial charge in [0.1, 0.15) is 5.92 Å². The minimum absolute atomic E-state index is 0.381. The lowest BCUT2D eigenvalue weighted by atomic mass is 10.1. The first-order chi connectivity index (χ1) is 13.0. The van der Waals surface area contributed by atoms with Crippen LogP contribution in [0.15, 0.2) is 0 Å². The van der Waals surface area contributed by atoms with Crippen LogP contribution in [0, 0.1) is 35.0 Å². The Bertz CT molecular complexity index is 785. The monoisotopic (exact) mass is 431 g/mol. The molecule has 0 aromatic heterocycles. The number of carboxylic acid groups (broad SMARTS) is 2. The quantitative estimate of drug-likeness (QED) is 0.253. The molecular formula is C15H13F5O7P+. The molecule has 2 unspecified atom stereocenters. The summed E-state index contributed by atoms with van der Waals surface area (Å²) in [5.74, 6) is -16.4. The SMILES string of the molecule is O=C(O)CCC(C[P+](=O)OC(=O)CCc1c(F)c(F)c(F)c(F)c1F)C(=O)O. The molecule has 0 aliphatic rings. The smallest absolute Gasteiger partial charge is 0.481 e. The van der Waals surface area contributed by atoms with Crippen molar-refractivity contribution in [2.75, 3.05) is 6.16 Å². The highest BCUT2D eigenvalue weighted by Gasteiger charge is 2.33. The van der Waals surface area contributed by atoms with Crippen LogP contribution >= 0.6 is 8.03 Å². The number of carbonyl (C=O) groups is 3. The topological polar surface area (TPSA) is 118 Å². The summed E-state index contributed by atoms with van der Waals surface area (Å²) in [5.41, 5.74) is -1.26. The number of carbonyl (C=O) groups excluding carboxylic acids is 1. The highest BCUT2D eigenvalue weighted by atomic mass is 31.1. The molecule has 0 saturated carbocycles. The van der Waals surface area contributed by atoms with Crippen LogP contribution in [-0.4, -0.2) is 34.3 Å². The van der Waals surface area contributed by atoms with Crippen molar-refractivity contribution in [1.82, 2.24) is 0 Å². The second-order valence-corrected chi connectivity index (χ2v) is 6.71. The van der Waals surface area contributed by atoms with Gasteiger partial charge in [0.15, 0.2) is 29.4 Å². The van der Waals surface area contributed by atoms with Gasteiger partial charge in [-0.2, -0.15) is 0 Å². The molecule has 0 heterocycles. The maximum absolute atomic E-state index is 13.5. The lowest BCUT2D eigenvalue weighted by Gasteiger charge is -2.07. The van der Waals surface area contributed by atoms with E-state index in [1.807, 2.05) is 0 Å². The summed E-state index contributed by atoms with van der Waals surface area (Å²) in [6.07, 6.45) is -3.46. The molecular weight excluding hydrogens is 418 g/mol. The van der Waals surface area contributed by atoms with Crippen LogP contribution < -0.4 is 0 Å². The molecule has 0 saturated heterocycles. The van der Waals surface area contributed by atoms with Gasteiger partial charge in [-0.15, -0.1) is 0 Å². The van der Waals surface area contributed by atoms with E-state index in [0.717, 1.165) is 0 Å². The number of halogens is 5. The average molecular weight is 431 g/mol. The van der Waals surface area contributed by atoms with Crippen molar-refractivity contribution in [2.24, 2.45) is 5.92 Å². The third-order valence-electron chi connectivity index (χ3n) is 3.51. The van der Waals surface area contributed by atoms with Crippen LogP contribution in [0.3, 0.4) is 0 Å². The number of hydrogen-bond donors (Lipinski definition) is 2. The van der Waals surface area contributed by atoms with Crippen LogP contribution in [-0.2, 0) is 29.9 Å². The molecule has 2 atom stereocenters. The summed E-state index contributed by atoms with van der Waals surface area (Å²) in [6, 6.07) is 0. The van der Waals surface area contributed by atoms with Crippen LogP contribution in [0.25, 0.3) is 0 Å². The minimum Gasteiger partial charge on any atom is -0.481 e. The van der Waals surface area contributed by atoms with Gasteiger partial charge in [-0.1, -0.05) is 0 Å². The summed E-state index contributed by atoms with van der Waals surface area (Å²) in [7, 11) is -2.90. The summed E-state index contributed by atoms with van der Waals surface area (Å²) in [6.45, 7) is 0. The predicted molar refractivity (Wildman–Crippen MR) is 81.1 cm³/mol. The average Bonchev–Trinajstić information content (AvgIpc) is 2.61. The van der Waals surface area contributed by atoms with E-state index in [-0.39, 0.29) is 6.42 Å². The second kappa shape index (κ2) is 10.1. The fourth-order valence-electron chi connectivity index (χ4n) is 2.06. The first-order valence-corrected chi connectivity index (χ1v) is 8.92. The Morgan fingerprint density at radius 3 is 1.86 bits per heavy atom. The Kier molecular flexibility index (Phi) is 8.42. The van der Waals surface area contributed by atoms with Gasteiger partial charge in [0, 0.05) is 12.0 Å². The summed E-state index contributed by atoms with van der Waals surface area (Å²) < 4.78 is 82.1. The van der Waals surface area contributed by atoms with Crippen molar-refractivity contribution in [1.29, 1.82) is 0 Å². The maximum atomic E-state index is 13.5. The number of benzene rings is 1. The van der Waals surface area contributed by atoms with Crippen molar-refractivity contribution in [3.63, 3.8) is 0 Å². The highest BCUT2D eigenvalue weighted by Crippen LogP contribution is 2.29. The third-order valence-corrected chi connectivity index (χ3v) is 4.66. The van der Waals surface area contributed by atoms with Crippen molar-refractivity contribution in [3.05, 3.63) is 34.6 Å². The molecule has 1 rings (SSSR count). The summed E-state index contributed by atoms with van der Waals surface area (Å²) >= 11 is 0. The molecule has 13 heteroatoms. The Morgan fingerprint density at radius 2 is 1.39 bits per heavy atom. The van der Waals surface area contributed by atoms with Gasteiger partial charge in [-0.05, 0) is 17.4 Å². The Hall–Kier alpha value is -2.62. The molecule has 1 aromatic rings. The normalized spacial score (nSPS) is 12.4. The predicted octanol–water partition coefficient (Wildman–Crippen LogP) is 3.17. The summed E-state index contributed by atoms with van der Waals surface area (Å²) in [5, 5.41) is 17.4. The van der Waals surface area contributed by atoms with Crippen molar-refractivity contribution < 1.29 is 55.6 Å². The van der Waals surface area contributed by atoms with E-state index in [2.05, 4.69) is 4.52 Å². The standard InChI is InChI=1S/C15H12F5O7P/c16-10-7(11(17)13(19)14(20)12(10)18)2-4-9(23)27-28(26)5-6(15(24)25)1-3-8(21)22/h6H,1-5H2,(H-,21,22,24,25)/p+1. The van der Waals surface area contributed by atoms with Gasteiger partial charge in [0.25, 0.3) is 0 Å². The van der Waals surface area contributed by atoms with Gasteiger partial charge in [0.2, 0.25) is 5.82 Å². The third kappa shape index (κ3) is 6.22. The van der Waals surface area contributed by atoms with E-state index in [4.69, 9.17) is 10.2 Å². The van der Waals surface area contributed by atoms with E-state index in [1.54, 1.807) is 0 Å². The molecule has 7 nitrogen and oxygen atoms in total. The van der Waals surface area contributed by atoms with Gasteiger partial charge in [-0.25, -0.2) is 31.3 Å². The molecule has 1 aromatic carbocycles. The fraction of sp³-hybridized carbons (Fsp3) is 0.400. The Balaban J connectivity index is 2.69. The number of hydrogen-bond acceptors (Lipinski definition) is 5. The van der Waals surface area contributed by atoms with E-state index < -0.39 is 91.9 Å². The molecule has 0 amide bonds. The highest BCUT2D eigenvalue weighted by molar-refractivity contribution is 7.39. The molecule has 0 aliphatic carbocycles. The zero-order chi connectivity index (χ0) is 21.6. The molecule has 28 heavy (non-hydrogen) atoms. The van der Waals surface area contributed by atoms with Crippen molar-refractivity contribution in [2.45, 2.75) is 25.7 Å². The number of aliphatic carboxylic acids is 2. The van der Waals surface area contributed by atoms with Crippen LogP contribution in [0.4, 0.5) is 22.0 Å². The molecule has 0 fully saturated rings. The van der Waals surface area contributed by atoms with Crippen LogP contribution in [0.1, 0.15) is 24.8 Å². The van der Waals surface area contributed by atoms with Crippen LogP contribution in [0.2, 0.25) is 0 Å².